The molecule has 4 rings (SSSR count). The van der Waals surface area contributed by atoms with Crippen LogP contribution in [0.4, 0.5) is 16.2 Å². The number of rotatable bonds is 2. The van der Waals surface area contributed by atoms with Crippen molar-refractivity contribution in [3.63, 3.8) is 0 Å². The van der Waals surface area contributed by atoms with Gasteiger partial charge in [-0.1, -0.05) is 35.3 Å². The molecule has 1 amide bonds. The summed E-state index contributed by atoms with van der Waals surface area (Å²) in [7, 11) is 0. The van der Waals surface area contributed by atoms with Crippen molar-refractivity contribution in [3.8, 4) is 11.3 Å². The van der Waals surface area contributed by atoms with Gasteiger partial charge in [0.05, 0.1) is 33.7 Å². The van der Waals surface area contributed by atoms with E-state index in [0.717, 1.165) is 33.9 Å². The Morgan fingerprint density at radius 3 is 2.48 bits per heavy atom. The maximum absolute atomic E-state index is 12.9. The number of aryl methyl sites for hydroxylation is 1. The van der Waals surface area contributed by atoms with E-state index in [-0.39, 0.29) is 6.09 Å². The second-order valence-electron chi connectivity index (χ2n) is 9.03. The van der Waals surface area contributed by atoms with Crippen LogP contribution in [0.5, 0.6) is 0 Å². The zero-order valence-electron chi connectivity index (χ0n) is 19.1. The van der Waals surface area contributed by atoms with Crippen LogP contribution in [0, 0.1) is 6.92 Å². The van der Waals surface area contributed by atoms with Crippen molar-refractivity contribution in [2.75, 3.05) is 18.0 Å². The number of fused-ring (bicyclic) bond motifs is 1. The van der Waals surface area contributed by atoms with Crippen LogP contribution < -0.4 is 4.90 Å². The lowest BCUT2D eigenvalue weighted by atomic mass is 10.0. The molecule has 0 bridgehead atoms. The molecule has 1 aliphatic heterocycles. The highest BCUT2D eigenvalue weighted by molar-refractivity contribution is 6.43. The molecule has 0 saturated carbocycles. The van der Waals surface area contributed by atoms with Gasteiger partial charge in [0.2, 0.25) is 0 Å². The molecule has 33 heavy (non-hydrogen) atoms. The van der Waals surface area contributed by atoms with Crippen LogP contribution >= 0.6 is 23.2 Å². The predicted molar refractivity (Wildman–Crippen MR) is 132 cm³/mol. The van der Waals surface area contributed by atoms with E-state index in [0.29, 0.717) is 29.7 Å². The predicted octanol–water partition coefficient (Wildman–Crippen LogP) is 6.65. The monoisotopic (exact) mass is 484 g/mol. The molecule has 0 spiro atoms. The van der Waals surface area contributed by atoms with Gasteiger partial charge in [-0.15, -0.1) is 0 Å². The van der Waals surface area contributed by atoms with E-state index in [1.54, 1.807) is 11.0 Å². The van der Waals surface area contributed by atoms with E-state index in [2.05, 4.69) is 15.1 Å². The fourth-order valence-corrected chi connectivity index (χ4v) is 4.14. The van der Waals surface area contributed by atoms with Crippen molar-refractivity contribution >= 4 is 40.7 Å². The smallest absolute Gasteiger partial charge is 0.410 e. The normalized spacial score (nSPS) is 14.0. The zero-order chi connectivity index (χ0) is 23.8. The van der Waals surface area contributed by atoms with Crippen LogP contribution in [0.2, 0.25) is 10.0 Å². The molecular weight excluding hydrogens is 459 g/mol. The Bertz CT molecular complexity index is 1180. The van der Waals surface area contributed by atoms with Gasteiger partial charge in [0, 0.05) is 24.3 Å². The fraction of sp³-hybridized carbons (Fsp3) is 0.320. The quantitative estimate of drug-likeness (QED) is 0.407. The molecule has 1 aromatic heterocycles. The van der Waals surface area contributed by atoms with Crippen molar-refractivity contribution in [1.82, 2.24) is 15.1 Å². The summed E-state index contributed by atoms with van der Waals surface area (Å²) in [5.74, 6) is 0. The second kappa shape index (κ2) is 9.20. The van der Waals surface area contributed by atoms with Gasteiger partial charge in [0.15, 0.2) is 0 Å². The van der Waals surface area contributed by atoms with E-state index < -0.39 is 5.60 Å². The van der Waals surface area contributed by atoms with E-state index in [1.165, 1.54) is 0 Å². The van der Waals surface area contributed by atoms with Gasteiger partial charge < -0.3 is 14.5 Å². The van der Waals surface area contributed by atoms with Crippen molar-refractivity contribution in [2.45, 2.75) is 39.8 Å². The third-order valence-electron chi connectivity index (χ3n) is 5.29. The van der Waals surface area contributed by atoms with Gasteiger partial charge in [0.1, 0.15) is 5.60 Å². The third-order valence-corrected chi connectivity index (χ3v) is 6.10. The van der Waals surface area contributed by atoms with E-state index in [4.69, 9.17) is 27.9 Å². The molecule has 6 nitrogen and oxygen atoms in total. The molecule has 1 aliphatic rings. The molecule has 0 saturated heterocycles. The number of hydrogen-bond donors (Lipinski definition) is 0. The minimum Gasteiger partial charge on any atom is -0.444 e. The summed E-state index contributed by atoms with van der Waals surface area (Å²) >= 11 is 12.9. The summed E-state index contributed by atoms with van der Waals surface area (Å²) in [5.41, 5.74) is 4.66. The molecule has 0 fully saturated rings. The number of carbonyl (C=O) groups excluding carboxylic acids is 1. The first-order valence-electron chi connectivity index (χ1n) is 10.8. The average Bonchev–Trinajstić information content (AvgIpc) is 2.94. The standard InChI is InChI=1S/C25H26Cl2N4O2/c1-16-8-10-20(29-28-16)17-9-11-21-18(14-17)15-30(24(32)33-25(2,3)4)12-13-31(21)22-7-5-6-19(26)23(22)27/h5-11,14H,12-13,15H2,1-4H3. The number of anilines is 2. The molecule has 0 atom stereocenters. The Balaban J connectivity index is 1.78. The van der Waals surface area contributed by atoms with Crippen LogP contribution in [0.1, 0.15) is 32.0 Å². The van der Waals surface area contributed by atoms with Crippen molar-refractivity contribution in [3.05, 3.63) is 69.8 Å². The maximum Gasteiger partial charge on any atom is 0.410 e. The highest BCUT2D eigenvalue weighted by Crippen LogP contribution is 2.40. The lowest BCUT2D eigenvalue weighted by Crippen LogP contribution is -2.38. The molecule has 2 heterocycles. The molecule has 3 aromatic rings. The number of benzene rings is 2. The Morgan fingerprint density at radius 1 is 1.00 bits per heavy atom. The first-order valence-corrected chi connectivity index (χ1v) is 11.5. The van der Waals surface area contributed by atoms with Gasteiger partial charge in [0.25, 0.3) is 0 Å². The molecular formula is C25H26Cl2N4O2. The highest BCUT2D eigenvalue weighted by Gasteiger charge is 2.28. The van der Waals surface area contributed by atoms with Gasteiger partial charge in [-0.25, -0.2) is 4.79 Å². The summed E-state index contributed by atoms with van der Waals surface area (Å²) in [4.78, 5) is 16.8. The second-order valence-corrected chi connectivity index (χ2v) is 9.82. The number of nitrogens with zero attached hydrogens (tertiary/aromatic N) is 4. The lowest BCUT2D eigenvalue weighted by Gasteiger charge is -2.27. The summed E-state index contributed by atoms with van der Waals surface area (Å²) < 4.78 is 5.66. The van der Waals surface area contributed by atoms with Crippen LogP contribution in [0.3, 0.4) is 0 Å². The molecule has 172 valence electrons. The Labute approximate surface area is 204 Å². The Hall–Kier alpha value is -2.83. The Morgan fingerprint density at radius 2 is 1.79 bits per heavy atom. The zero-order valence-corrected chi connectivity index (χ0v) is 20.6. The molecule has 0 radical (unpaired) electrons. The van der Waals surface area contributed by atoms with E-state index >= 15 is 0 Å². The SMILES string of the molecule is Cc1ccc(-c2ccc3c(c2)CN(C(=O)OC(C)(C)C)CCN3c2cccc(Cl)c2Cl)nn1. The van der Waals surface area contributed by atoms with Gasteiger partial charge in [-0.2, -0.15) is 10.2 Å². The molecule has 0 unspecified atom stereocenters. The van der Waals surface area contributed by atoms with Crippen molar-refractivity contribution in [2.24, 2.45) is 0 Å². The Kier molecular flexibility index (Phi) is 6.50. The minimum atomic E-state index is -0.582. The van der Waals surface area contributed by atoms with Gasteiger partial charge in [-0.3, -0.25) is 0 Å². The number of halogens is 2. The van der Waals surface area contributed by atoms with Crippen LogP contribution in [-0.4, -0.2) is 39.9 Å². The topological polar surface area (TPSA) is 58.6 Å². The summed E-state index contributed by atoms with van der Waals surface area (Å²) in [6, 6.07) is 15.5. The van der Waals surface area contributed by atoms with E-state index in [9.17, 15) is 4.79 Å². The molecule has 8 heteroatoms. The maximum atomic E-state index is 12.9. The summed E-state index contributed by atoms with van der Waals surface area (Å²) in [5, 5.41) is 9.45. The first-order chi connectivity index (χ1) is 15.6. The lowest BCUT2D eigenvalue weighted by molar-refractivity contribution is 0.0244. The molecule has 0 aliphatic carbocycles. The average molecular weight is 485 g/mol. The largest absolute Gasteiger partial charge is 0.444 e. The van der Waals surface area contributed by atoms with Crippen LogP contribution in [0.25, 0.3) is 11.3 Å². The number of ether oxygens (including phenoxy) is 1. The molecule has 0 N–H and O–H groups in total. The van der Waals surface area contributed by atoms with Crippen molar-refractivity contribution in [1.29, 1.82) is 0 Å². The number of aromatic nitrogens is 2. The third kappa shape index (κ3) is 5.23. The van der Waals surface area contributed by atoms with Crippen LogP contribution in [0.15, 0.2) is 48.5 Å². The van der Waals surface area contributed by atoms with Gasteiger partial charge in [-0.05, 0) is 69.7 Å². The van der Waals surface area contributed by atoms with Crippen molar-refractivity contribution < 1.29 is 9.53 Å². The highest BCUT2D eigenvalue weighted by atomic mass is 35.5. The van der Waals surface area contributed by atoms with Gasteiger partial charge >= 0.3 is 6.09 Å². The fourth-order valence-electron chi connectivity index (χ4n) is 3.75. The summed E-state index contributed by atoms with van der Waals surface area (Å²) in [6.45, 7) is 8.89. The first kappa shape index (κ1) is 23.3. The summed E-state index contributed by atoms with van der Waals surface area (Å²) in [6.07, 6.45) is -0.354. The van der Waals surface area contributed by atoms with Crippen LogP contribution in [-0.2, 0) is 11.3 Å². The molecule has 2 aromatic carbocycles. The number of hydrogen-bond acceptors (Lipinski definition) is 5. The van der Waals surface area contributed by atoms with E-state index in [1.807, 2.05) is 70.2 Å². The number of carbonyl (C=O) groups is 1. The minimum absolute atomic E-state index is 0.354. The number of amides is 1.